The van der Waals surface area contributed by atoms with Crippen LogP contribution in [-0.4, -0.2) is 4.98 Å². The maximum atomic E-state index is 5.85. The lowest BCUT2D eigenvalue weighted by atomic mass is 10.3. The fraction of sp³-hybridized carbons (Fsp3) is 0. The topological polar surface area (TPSA) is 22.1 Å². The first-order valence-corrected chi connectivity index (χ1v) is 5.53. The summed E-state index contributed by atoms with van der Waals surface area (Å²) in [5, 5.41) is 1.48. The van der Waals surface area contributed by atoms with Crippen LogP contribution in [-0.2, 0) is 0 Å². The maximum absolute atomic E-state index is 5.85. The van der Waals surface area contributed by atoms with E-state index in [-0.39, 0.29) is 0 Å². The van der Waals surface area contributed by atoms with Gasteiger partial charge < -0.3 is 4.74 Å². The Kier molecular flexibility index (Phi) is 3.54. The Bertz CT molecular complexity index is 499. The van der Waals surface area contributed by atoms with E-state index in [9.17, 15) is 0 Å². The number of halogens is 3. The lowest BCUT2D eigenvalue weighted by Gasteiger charge is -2.05. The van der Waals surface area contributed by atoms with Gasteiger partial charge in [0.25, 0.3) is 0 Å². The van der Waals surface area contributed by atoms with Gasteiger partial charge in [-0.3, -0.25) is 0 Å². The molecule has 82 valence electrons. The predicted octanol–water partition coefficient (Wildman–Crippen LogP) is 4.83. The molecule has 0 saturated carbocycles. The molecule has 1 aromatic carbocycles. The number of ether oxygens (including phenoxy) is 1. The van der Waals surface area contributed by atoms with Crippen LogP contribution in [0.2, 0.25) is 15.1 Å². The van der Waals surface area contributed by atoms with Crippen molar-refractivity contribution < 1.29 is 4.74 Å². The second-order valence-electron chi connectivity index (χ2n) is 2.99. The van der Waals surface area contributed by atoms with Crippen molar-refractivity contribution in [2.45, 2.75) is 0 Å². The van der Waals surface area contributed by atoms with Crippen molar-refractivity contribution in [3.8, 4) is 11.6 Å². The molecular weight excluding hydrogens is 268 g/mol. The van der Waals surface area contributed by atoms with Crippen LogP contribution in [0, 0.1) is 0 Å². The predicted molar refractivity (Wildman–Crippen MR) is 65.8 cm³/mol. The Morgan fingerprint density at radius 1 is 0.938 bits per heavy atom. The molecule has 0 aliphatic rings. The van der Waals surface area contributed by atoms with E-state index in [1.807, 2.05) is 0 Å². The highest BCUT2D eigenvalue weighted by molar-refractivity contribution is 6.42. The van der Waals surface area contributed by atoms with Crippen LogP contribution in [0.25, 0.3) is 0 Å². The third-order valence-corrected chi connectivity index (χ3v) is 2.78. The van der Waals surface area contributed by atoms with E-state index in [0.29, 0.717) is 26.7 Å². The average molecular weight is 275 g/mol. The molecule has 0 N–H and O–H groups in total. The molecule has 0 aliphatic carbocycles. The molecule has 1 heterocycles. The molecule has 2 aromatic rings. The van der Waals surface area contributed by atoms with E-state index < -0.39 is 0 Å². The van der Waals surface area contributed by atoms with Gasteiger partial charge >= 0.3 is 0 Å². The average Bonchev–Trinajstić information content (AvgIpc) is 2.27. The van der Waals surface area contributed by atoms with Crippen LogP contribution in [0.1, 0.15) is 0 Å². The zero-order valence-electron chi connectivity index (χ0n) is 7.95. The van der Waals surface area contributed by atoms with Crippen LogP contribution >= 0.6 is 34.8 Å². The van der Waals surface area contributed by atoms with E-state index in [2.05, 4.69) is 4.98 Å². The van der Waals surface area contributed by atoms with Crippen molar-refractivity contribution >= 4 is 34.8 Å². The largest absolute Gasteiger partial charge is 0.439 e. The molecule has 0 radical (unpaired) electrons. The smallest absolute Gasteiger partial charge is 0.219 e. The SMILES string of the molecule is Clc1ccc(Oc2ccc(Cl)c(Cl)c2)nc1. The normalized spacial score (nSPS) is 10.2. The molecule has 5 heteroatoms. The Labute approximate surface area is 108 Å². The highest BCUT2D eigenvalue weighted by Gasteiger charge is 2.02. The lowest BCUT2D eigenvalue weighted by molar-refractivity contribution is 0.463. The minimum absolute atomic E-state index is 0.438. The molecule has 0 fully saturated rings. The Balaban J connectivity index is 2.20. The first kappa shape index (κ1) is 11.5. The van der Waals surface area contributed by atoms with Crippen molar-refractivity contribution in [3.05, 3.63) is 51.6 Å². The van der Waals surface area contributed by atoms with Gasteiger partial charge in [-0.15, -0.1) is 0 Å². The summed E-state index contributed by atoms with van der Waals surface area (Å²) in [4.78, 5) is 4.00. The summed E-state index contributed by atoms with van der Waals surface area (Å²) in [6.07, 6.45) is 1.51. The number of rotatable bonds is 2. The van der Waals surface area contributed by atoms with Gasteiger partial charge in [0, 0.05) is 18.3 Å². The number of nitrogens with zero attached hydrogens (tertiary/aromatic N) is 1. The monoisotopic (exact) mass is 273 g/mol. The number of pyridine rings is 1. The Hall–Kier alpha value is -0.960. The summed E-state index contributed by atoms with van der Waals surface area (Å²) in [6, 6.07) is 8.37. The van der Waals surface area contributed by atoms with E-state index in [1.165, 1.54) is 6.20 Å². The zero-order chi connectivity index (χ0) is 11.5. The van der Waals surface area contributed by atoms with Crippen LogP contribution in [0.5, 0.6) is 11.6 Å². The van der Waals surface area contributed by atoms with Crippen molar-refractivity contribution in [2.75, 3.05) is 0 Å². The minimum Gasteiger partial charge on any atom is -0.439 e. The number of aromatic nitrogens is 1. The molecule has 16 heavy (non-hydrogen) atoms. The maximum Gasteiger partial charge on any atom is 0.219 e. The summed E-state index contributed by atoms with van der Waals surface area (Å²) in [7, 11) is 0. The van der Waals surface area contributed by atoms with Crippen molar-refractivity contribution in [2.24, 2.45) is 0 Å². The molecule has 1 aromatic heterocycles. The quantitative estimate of drug-likeness (QED) is 0.782. The van der Waals surface area contributed by atoms with Crippen LogP contribution < -0.4 is 4.74 Å². The summed E-state index contributed by atoms with van der Waals surface area (Å²) in [5.41, 5.74) is 0. The van der Waals surface area contributed by atoms with Gasteiger partial charge in [0.1, 0.15) is 5.75 Å². The summed E-state index contributed by atoms with van der Waals surface area (Å²) < 4.78 is 5.46. The summed E-state index contributed by atoms with van der Waals surface area (Å²) >= 11 is 17.3. The van der Waals surface area contributed by atoms with E-state index in [0.717, 1.165) is 0 Å². The summed E-state index contributed by atoms with van der Waals surface area (Å²) in [6.45, 7) is 0. The van der Waals surface area contributed by atoms with Gasteiger partial charge in [0.05, 0.1) is 15.1 Å². The molecule has 2 rings (SSSR count). The molecule has 0 atom stereocenters. The first-order valence-electron chi connectivity index (χ1n) is 4.39. The molecule has 0 aliphatic heterocycles. The molecule has 0 bridgehead atoms. The number of benzene rings is 1. The standard InChI is InChI=1S/C11H6Cl3NO/c12-7-1-4-11(15-6-7)16-8-2-3-9(13)10(14)5-8/h1-6H. The Morgan fingerprint density at radius 3 is 2.38 bits per heavy atom. The third kappa shape index (κ3) is 2.79. The van der Waals surface area contributed by atoms with Gasteiger partial charge in [-0.1, -0.05) is 34.8 Å². The van der Waals surface area contributed by atoms with Gasteiger partial charge in [0.15, 0.2) is 0 Å². The lowest BCUT2D eigenvalue weighted by Crippen LogP contribution is -1.87. The van der Waals surface area contributed by atoms with Gasteiger partial charge in [-0.25, -0.2) is 4.98 Å². The van der Waals surface area contributed by atoms with Crippen LogP contribution in [0.15, 0.2) is 36.5 Å². The van der Waals surface area contributed by atoms with Crippen molar-refractivity contribution in [1.29, 1.82) is 0 Å². The second-order valence-corrected chi connectivity index (χ2v) is 4.24. The molecule has 0 unspecified atom stereocenters. The third-order valence-electron chi connectivity index (χ3n) is 1.81. The van der Waals surface area contributed by atoms with Gasteiger partial charge in [-0.2, -0.15) is 0 Å². The van der Waals surface area contributed by atoms with E-state index >= 15 is 0 Å². The van der Waals surface area contributed by atoms with Gasteiger partial charge in [0.2, 0.25) is 5.88 Å². The van der Waals surface area contributed by atoms with Crippen molar-refractivity contribution in [3.63, 3.8) is 0 Å². The van der Waals surface area contributed by atoms with Crippen LogP contribution in [0.3, 0.4) is 0 Å². The molecule has 2 nitrogen and oxygen atoms in total. The molecular formula is C11H6Cl3NO. The van der Waals surface area contributed by atoms with E-state index in [1.54, 1.807) is 30.3 Å². The number of hydrogen-bond acceptors (Lipinski definition) is 2. The molecule has 0 spiro atoms. The van der Waals surface area contributed by atoms with Crippen LogP contribution in [0.4, 0.5) is 0 Å². The fourth-order valence-corrected chi connectivity index (χ4v) is 1.48. The molecule has 0 amide bonds. The first-order chi connectivity index (χ1) is 7.65. The van der Waals surface area contributed by atoms with Crippen molar-refractivity contribution in [1.82, 2.24) is 4.98 Å². The highest BCUT2D eigenvalue weighted by Crippen LogP contribution is 2.28. The Morgan fingerprint density at radius 2 is 1.75 bits per heavy atom. The minimum atomic E-state index is 0.438. The second kappa shape index (κ2) is 4.91. The molecule has 0 saturated heterocycles. The summed E-state index contributed by atoms with van der Waals surface area (Å²) in [5.74, 6) is 1.02. The number of hydrogen-bond donors (Lipinski definition) is 0. The fourth-order valence-electron chi connectivity index (χ4n) is 1.08. The zero-order valence-corrected chi connectivity index (χ0v) is 10.2. The van der Waals surface area contributed by atoms with E-state index in [4.69, 9.17) is 39.5 Å². The highest BCUT2D eigenvalue weighted by atomic mass is 35.5. The van der Waals surface area contributed by atoms with Gasteiger partial charge in [-0.05, 0) is 18.2 Å².